The zero-order valence-electron chi connectivity index (χ0n) is 23.1. The third-order valence-electron chi connectivity index (χ3n) is 7.01. The number of ether oxygens (including phenoxy) is 3. The van der Waals surface area contributed by atoms with E-state index in [1.807, 2.05) is 54.6 Å². The Balaban J connectivity index is 1.24. The van der Waals surface area contributed by atoms with E-state index in [0.717, 1.165) is 24.2 Å². The summed E-state index contributed by atoms with van der Waals surface area (Å²) in [5.41, 5.74) is 3.36. The largest absolute Gasteiger partial charge is 0.496 e. The first kappa shape index (κ1) is 28.6. The topological polar surface area (TPSA) is 97.4 Å². The zero-order valence-corrected chi connectivity index (χ0v) is 23.1. The van der Waals surface area contributed by atoms with Crippen molar-refractivity contribution < 1.29 is 28.6 Å². The number of amides is 2. The number of para-hydroxylation sites is 1. The van der Waals surface area contributed by atoms with Gasteiger partial charge in [0.1, 0.15) is 11.9 Å². The van der Waals surface area contributed by atoms with Gasteiger partial charge >= 0.3 is 12.1 Å². The van der Waals surface area contributed by atoms with Gasteiger partial charge < -0.3 is 24.0 Å². The summed E-state index contributed by atoms with van der Waals surface area (Å²) in [6, 6.07) is 22.2. The summed E-state index contributed by atoms with van der Waals surface area (Å²) in [7, 11) is 4.50. The van der Waals surface area contributed by atoms with Crippen LogP contribution in [0.5, 0.6) is 5.75 Å². The van der Waals surface area contributed by atoms with Crippen molar-refractivity contribution in [1.29, 1.82) is 0 Å². The smallest absolute Gasteiger partial charge is 0.411 e. The number of likely N-dealkylation sites (N-methyl/N-ethyl adjacent to an activating group) is 1. The predicted molar refractivity (Wildman–Crippen MR) is 153 cm³/mol. The molecular weight excluding hydrogens is 510 g/mol. The van der Waals surface area contributed by atoms with Crippen LogP contribution in [-0.4, -0.2) is 81.3 Å². The molecule has 210 valence electrons. The third-order valence-corrected chi connectivity index (χ3v) is 7.01. The summed E-state index contributed by atoms with van der Waals surface area (Å²) < 4.78 is 15.8. The van der Waals surface area contributed by atoms with Crippen LogP contribution in [-0.2, 0) is 9.47 Å². The average Bonchev–Trinajstić information content (AvgIpc) is 3.00. The molecule has 1 aliphatic rings. The highest BCUT2D eigenvalue weighted by Gasteiger charge is 2.24. The monoisotopic (exact) mass is 545 g/mol. The molecule has 1 saturated heterocycles. The Morgan fingerprint density at radius 2 is 1.65 bits per heavy atom. The molecule has 0 bridgehead atoms. The summed E-state index contributed by atoms with van der Waals surface area (Å²) >= 11 is 0. The molecule has 40 heavy (non-hydrogen) atoms. The summed E-state index contributed by atoms with van der Waals surface area (Å²) in [5, 5.41) is 2.90. The van der Waals surface area contributed by atoms with E-state index in [1.54, 1.807) is 24.1 Å². The zero-order chi connectivity index (χ0) is 28.5. The third kappa shape index (κ3) is 7.18. The predicted octanol–water partition coefficient (Wildman–Crippen LogP) is 4.93. The van der Waals surface area contributed by atoms with Crippen LogP contribution in [0.4, 0.5) is 10.5 Å². The van der Waals surface area contributed by atoms with Gasteiger partial charge in [-0.05, 0) is 42.7 Å². The molecule has 1 aliphatic heterocycles. The van der Waals surface area contributed by atoms with Gasteiger partial charge in [-0.2, -0.15) is 0 Å². The van der Waals surface area contributed by atoms with Crippen LogP contribution >= 0.6 is 0 Å². The van der Waals surface area contributed by atoms with Crippen LogP contribution < -0.4 is 10.1 Å². The van der Waals surface area contributed by atoms with Crippen LogP contribution in [0.3, 0.4) is 0 Å². The number of piperidine rings is 1. The van der Waals surface area contributed by atoms with Crippen LogP contribution in [0.15, 0.2) is 72.8 Å². The molecule has 0 spiro atoms. The van der Waals surface area contributed by atoms with E-state index in [1.165, 1.54) is 20.3 Å². The minimum atomic E-state index is -0.493. The molecule has 9 nitrogen and oxygen atoms in total. The standard InChI is InChI=1S/C31H35N3O6/c1-33(29(35)26-14-13-23(30(36)39-3)21-28(26)38-2)19-20-34-17-15-24(16-18-34)40-31(37)32-27-12-8-7-11-25(27)22-9-5-4-6-10-22/h4-14,21,24H,15-20H2,1-3H3,(H,32,37). The number of likely N-dealkylation sites (tertiary alicyclic amines) is 1. The Morgan fingerprint density at radius 1 is 0.950 bits per heavy atom. The maximum Gasteiger partial charge on any atom is 0.411 e. The van der Waals surface area contributed by atoms with Crippen molar-refractivity contribution >= 4 is 23.7 Å². The number of methoxy groups -OCH3 is 2. The van der Waals surface area contributed by atoms with E-state index >= 15 is 0 Å². The van der Waals surface area contributed by atoms with Crippen molar-refractivity contribution in [3.63, 3.8) is 0 Å². The molecule has 1 N–H and O–H groups in total. The van der Waals surface area contributed by atoms with Crippen LogP contribution in [0.1, 0.15) is 33.6 Å². The Kier molecular flexibility index (Phi) is 9.75. The second-order valence-corrected chi connectivity index (χ2v) is 9.62. The maximum atomic E-state index is 13.0. The molecule has 0 radical (unpaired) electrons. The number of nitrogens with zero attached hydrogens (tertiary/aromatic N) is 2. The number of hydrogen-bond acceptors (Lipinski definition) is 7. The van der Waals surface area contributed by atoms with Gasteiger partial charge in [0.2, 0.25) is 0 Å². The van der Waals surface area contributed by atoms with Gasteiger partial charge in [-0.15, -0.1) is 0 Å². The van der Waals surface area contributed by atoms with Crippen molar-refractivity contribution in [2.24, 2.45) is 0 Å². The number of anilines is 1. The Labute approximate surface area is 234 Å². The second-order valence-electron chi connectivity index (χ2n) is 9.62. The van der Waals surface area contributed by atoms with E-state index in [2.05, 4.69) is 10.2 Å². The summed E-state index contributed by atoms with van der Waals surface area (Å²) in [6.07, 6.45) is 0.805. The minimum Gasteiger partial charge on any atom is -0.496 e. The fraction of sp³-hybridized carbons (Fsp3) is 0.323. The fourth-order valence-corrected chi connectivity index (χ4v) is 4.71. The first-order valence-corrected chi connectivity index (χ1v) is 13.3. The maximum absolute atomic E-state index is 13.0. The molecule has 0 aliphatic carbocycles. The van der Waals surface area contributed by atoms with Crippen molar-refractivity contribution in [2.75, 3.05) is 52.8 Å². The summed E-state index contributed by atoms with van der Waals surface area (Å²) in [5.74, 6) is -0.367. The quantitative estimate of drug-likeness (QED) is 0.381. The van der Waals surface area contributed by atoms with Gasteiger partial charge in [0.15, 0.2) is 0 Å². The second kappa shape index (κ2) is 13.6. The molecule has 2 amide bonds. The van der Waals surface area contributed by atoms with E-state index in [-0.39, 0.29) is 12.0 Å². The fourth-order valence-electron chi connectivity index (χ4n) is 4.71. The molecule has 0 saturated carbocycles. The molecule has 0 atom stereocenters. The highest BCUT2D eigenvalue weighted by Crippen LogP contribution is 2.28. The van der Waals surface area contributed by atoms with Gasteiger partial charge in [-0.1, -0.05) is 48.5 Å². The number of carbonyl (C=O) groups is 3. The molecule has 1 heterocycles. The van der Waals surface area contributed by atoms with Crippen molar-refractivity contribution in [3.8, 4) is 16.9 Å². The minimum absolute atomic E-state index is 0.169. The first-order chi connectivity index (χ1) is 19.4. The summed E-state index contributed by atoms with van der Waals surface area (Å²) in [4.78, 5) is 41.4. The lowest BCUT2D eigenvalue weighted by Crippen LogP contribution is -2.42. The van der Waals surface area contributed by atoms with E-state index in [9.17, 15) is 14.4 Å². The molecule has 0 unspecified atom stereocenters. The molecule has 1 fully saturated rings. The number of esters is 1. The Morgan fingerprint density at radius 3 is 2.35 bits per heavy atom. The van der Waals surface area contributed by atoms with Gasteiger partial charge in [-0.25, -0.2) is 9.59 Å². The number of benzene rings is 3. The Bertz CT molecular complexity index is 1320. The number of rotatable bonds is 9. The van der Waals surface area contributed by atoms with Gasteiger partial charge in [0, 0.05) is 38.8 Å². The van der Waals surface area contributed by atoms with Gasteiger partial charge in [0.25, 0.3) is 5.91 Å². The summed E-state index contributed by atoms with van der Waals surface area (Å²) in [6.45, 7) is 2.73. The molecule has 3 aromatic carbocycles. The van der Waals surface area contributed by atoms with E-state index in [0.29, 0.717) is 48.5 Å². The number of carbonyl (C=O) groups excluding carboxylic acids is 3. The highest BCUT2D eigenvalue weighted by atomic mass is 16.6. The molecule has 4 rings (SSSR count). The molecule has 3 aromatic rings. The van der Waals surface area contributed by atoms with Gasteiger partial charge in [0.05, 0.1) is 31.0 Å². The van der Waals surface area contributed by atoms with Gasteiger partial charge in [-0.3, -0.25) is 10.1 Å². The lowest BCUT2D eigenvalue weighted by Gasteiger charge is -2.32. The molecule has 9 heteroatoms. The van der Waals surface area contributed by atoms with Crippen LogP contribution in [0.2, 0.25) is 0 Å². The number of hydrogen-bond donors (Lipinski definition) is 1. The lowest BCUT2D eigenvalue weighted by molar-refractivity contribution is 0.0539. The molecule has 0 aromatic heterocycles. The lowest BCUT2D eigenvalue weighted by atomic mass is 10.0. The Hall–Kier alpha value is -4.37. The SMILES string of the molecule is COC(=O)c1ccc(C(=O)N(C)CCN2CCC(OC(=O)Nc3ccccc3-c3ccccc3)CC2)c(OC)c1. The van der Waals surface area contributed by atoms with Crippen molar-refractivity contribution in [2.45, 2.75) is 18.9 Å². The molecular formula is C31H35N3O6. The van der Waals surface area contributed by atoms with Crippen LogP contribution in [0.25, 0.3) is 11.1 Å². The average molecular weight is 546 g/mol. The van der Waals surface area contributed by atoms with E-state index in [4.69, 9.17) is 14.2 Å². The first-order valence-electron chi connectivity index (χ1n) is 13.3. The normalized spacial score (nSPS) is 13.8. The van der Waals surface area contributed by atoms with Crippen LogP contribution in [0, 0.1) is 0 Å². The van der Waals surface area contributed by atoms with Crippen molar-refractivity contribution in [3.05, 3.63) is 83.9 Å². The van der Waals surface area contributed by atoms with E-state index < -0.39 is 12.1 Å². The van der Waals surface area contributed by atoms with Crippen molar-refractivity contribution in [1.82, 2.24) is 9.80 Å². The highest BCUT2D eigenvalue weighted by molar-refractivity contribution is 5.99. The number of nitrogens with one attached hydrogen (secondary N) is 1.